The van der Waals surface area contributed by atoms with Crippen LogP contribution in [0.5, 0.6) is 11.5 Å². The smallest absolute Gasteiger partial charge is 0.119 e. The number of fused-ring (bicyclic) bond motifs is 5. The minimum Gasteiger partial charge on any atom is -0.497 e. The predicted octanol–water partition coefficient (Wildman–Crippen LogP) is 6.52. The van der Waals surface area contributed by atoms with Crippen molar-refractivity contribution in [3.63, 3.8) is 0 Å². The van der Waals surface area contributed by atoms with Crippen LogP contribution in [0.3, 0.4) is 0 Å². The van der Waals surface area contributed by atoms with Gasteiger partial charge in [0, 0.05) is 18.4 Å². The zero-order valence-electron chi connectivity index (χ0n) is 20.2. The highest BCUT2D eigenvalue weighted by Crippen LogP contribution is 2.59. The molecule has 3 aromatic rings. The first kappa shape index (κ1) is 21.7. The summed E-state index contributed by atoms with van der Waals surface area (Å²) in [7, 11) is 1.77. The topological polar surface area (TPSA) is 21.7 Å². The maximum atomic E-state index is 6.13. The van der Waals surface area contributed by atoms with Crippen molar-refractivity contribution in [2.45, 2.75) is 49.9 Å². The van der Waals surface area contributed by atoms with Crippen LogP contribution < -0.4 is 9.47 Å². The second kappa shape index (κ2) is 9.46. The molecule has 34 heavy (non-hydrogen) atoms. The van der Waals surface area contributed by atoms with Crippen LogP contribution >= 0.6 is 0 Å². The molecule has 3 nitrogen and oxygen atoms in total. The lowest BCUT2D eigenvalue weighted by atomic mass is 9.71. The van der Waals surface area contributed by atoms with E-state index in [0.717, 1.165) is 24.7 Å². The second-order valence-corrected chi connectivity index (χ2v) is 10.2. The van der Waals surface area contributed by atoms with Gasteiger partial charge in [-0.3, -0.25) is 4.90 Å². The first-order chi connectivity index (χ1) is 16.8. The number of rotatable bonds is 6. The Morgan fingerprint density at radius 2 is 1.62 bits per heavy atom. The maximum Gasteiger partial charge on any atom is 0.119 e. The van der Waals surface area contributed by atoms with Gasteiger partial charge in [0.2, 0.25) is 0 Å². The van der Waals surface area contributed by atoms with Gasteiger partial charge in [0.05, 0.1) is 7.11 Å². The van der Waals surface area contributed by atoms with Gasteiger partial charge in [-0.05, 0) is 96.8 Å². The third-order valence-electron chi connectivity index (χ3n) is 8.32. The molecule has 6 rings (SSSR count). The van der Waals surface area contributed by atoms with Crippen molar-refractivity contribution in [3.05, 3.63) is 94.5 Å². The molecule has 176 valence electrons. The largest absolute Gasteiger partial charge is 0.497 e. The Kier molecular flexibility index (Phi) is 6.05. The van der Waals surface area contributed by atoms with Gasteiger partial charge in [0.15, 0.2) is 0 Å². The summed E-state index contributed by atoms with van der Waals surface area (Å²) in [6.07, 6.45) is 6.41. The Balaban J connectivity index is 1.27. The fraction of sp³-hybridized carbons (Fsp3) is 0.419. The summed E-state index contributed by atoms with van der Waals surface area (Å²) in [5, 5.41) is 0. The summed E-state index contributed by atoms with van der Waals surface area (Å²) in [6, 6.07) is 24.8. The van der Waals surface area contributed by atoms with E-state index in [9.17, 15) is 0 Å². The fourth-order valence-corrected chi connectivity index (χ4v) is 6.67. The molecule has 2 aliphatic carbocycles. The molecule has 3 aromatic carbocycles. The van der Waals surface area contributed by atoms with E-state index >= 15 is 0 Å². The van der Waals surface area contributed by atoms with Crippen molar-refractivity contribution < 1.29 is 9.47 Å². The van der Waals surface area contributed by atoms with E-state index in [0.29, 0.717) is 17.8 Å². The first-order valence-corrected chi connectivity index (χ1v) is 13.0. The number of ether oxygens (including phenoxy) is 2. The molecule has 3 heteroatoms. The van der Waals surface area contributed by atoms with Gasteiger partial charge in [0.1, 0.15) is 18.1 Å². The van der Waals surface area contributed by atoms with Gasteiger partial charge >= 0.3 is 0 Å². The maximum absolute atomic E-state index is 6.13. The third-order valence-corrected chi connectivity index (χ3v) is 8.32. The van der Waals surface area contributed by atoms with E-state index in [1.165, 1.54) is 73.0 Å². The van der Waals surface area contributed by atoms with Crippen molar-refractivity contribution in [1.82, 2.24) is 4.90 Å². The normalized spacial score (nSPS) is 23.6. The molecule has 3 unspecified atom stereocenters. The lowest BCUT2D eigenvalue weighted by Crippen LogP contribution is -2.33. The molecular formula is C31H35NO2. The molecule has 0 saturated carbocycles. The number of likely N-dealkylation sites (tertiary alicyclic amines) is 1. The summed E-state index contributed by atoms with van der Waals surface area (Å²) < 4.78 is 11.8. The molecule has 0 amide bonds. The van der Waals surface area contributed by atoms with E-state index in [-0.39, 0.29) is 0 Å². The number of methoxy groups -OCH3 is 1. The van der Waals surface area contributed by atoms with Gasteiger partial charge in [-0.1, -0.05) is 48.9 Å². The van der Waals surface area contributed by atoms with Gasteiger partial charge in [-0.2, -0.15) is 0 Å². The van der Waals surface area contributed by atoms with Crippen molar-refractivity contribution >= 4 is 0 Å². The summed E-state index contributed by atoms with van der Waals surface area (Å²) in [5.41, 5.74) is 7.37. The average molecular weight is 454 g/mol. The molecule has 1 fully saturated rings. The Bertz CT molecular complexity index is 1130. The van der Waals surface area contributed by atoms with E-state index in [1.807, 2.05) is 0 Å². The lowest BCUT2D eigenvalue weighted by molar-refractivity contribution is 0.183. The minimum absolute atomic E-state index is 0.346. The SMILES string of the molecule is COc1ccc2c(c1)C(c1ccc(OCCN3CCCCC3)cc1)C1c3ccccc3CCC21. The lowest BCUT2D eigenvalue weighted by Gasteiger charge is -2.32. The van der Waals surface area contributed by atoms with Crippen LogP contribution in [0.1, 0.15) is 71.3 Å². The van der Waals surface area contributed by atoms with Crippen molar-refractivity contribution in [1.29, 1.82) is 0 Å². The zero-order valence-corrected chi connectivity index (χ0v) is 20.2. The van der Waals surface area contributed by atoms with Crippen LogP contribution in [0.2, 0.25) is 0 Å². The minimum atomic E-state index is 0.346. The second-order valence-electron chi connectivity index (χ2n) is 10.2. The highest BCUT2D eigenvalue weighted by molar-refractivity contribution is 5.56. The van der Waals surface area contributed by atoms with Crippen molar-refractivity contribution in [2.24, 2.45) is 0 Å². The van der Waals surface area contributed by atoms with Crippen LogP contribution in [0, 0.1) is 0 Å². The Labute approximate surface area is 203 Å². The number of hydrogen-bond donors (Lipinski definition) is 0. The quantitative estimate of drug-likeness (QED) is 0.424. The third kappa shape index (κ3) is 4.01. The molecule has 3 aliphatic rings. The molecule has 0 aromatic heterocycles. The molecule has 0 N–H and O–H groups in total. The van der Waals surface area contributed by atoms with Crippen molar-refractivity contribution in [2.75, 3.05) is 33.4 Å². The molecule has 0 radical (unpaired) electrons. The Morgan fingerprint density at radius 3 is 2.44 bits per heavy atom. The van der Waals surface area contributed by atoms with Crippen LogP contribution in [0.25, 0.3) is 0 Å². The summed E-state index contributed by atoms with van der Waals surface area (Å²) in [6.45, 7) is 4.23. The molecule has 0 spiro atoms. The Morgan fingerprint density at radius 1 is 0.824 bits per heavy atom. The monoisotopic (exact) mass is 453 g/mol. The molecule has 1 heterocycles. The van der Waals surface area contributed by atoms with Crippen LogP contribution in [0.4, 0.5) is 0 Å². The number of aryl methyl sites for hydroxylation is 1. The van der Waals surface area contributed by atoms with Crippen LogP contribution in [-0.2, 0) is 6.42 Å². The van der Waals surface area contributed by atoms with E-state index < -0.39 is 0 Å². The van der Waals surface area contributed by atoms with Crippen LogP contribution in [-0.4, -0.2) is 38.3 Å². The van der Waals surface area contributed by atoms with E-state index in [2.05, 4.69) is 71.6 Å². The molecule has 1 saturated heterocycles. The standard InChI is InChI=1S/C31H35NO2/c1-33-25-14-16-27-28-15-11-22-7-3-4-8-26(22)31(28)30(29(27)21-25)23-9-12-24(13-10-23)34-20-19-32-17-5-2-6-18-32/h3-4,7-10,12-14,16,21,28,30-31H,2,5-6,11,15,17-20H2,1H3. The summed E-state index contributed by atoms with van der Waals surface area (Å²) in [4.78, 5) is 2.53. The first-order valence-electron chi connectivity index (χ1n) is 13.0. The fourth-order valence-electron chi connectivity index (χ4n) is 6.67. The predicted molar refractivity (Wildman–Crippen MR) is 137 cm³/mol. The van der Waals surface area contributed by atoms with Gasteiger partial charge < -0.3 is 9.47 Å². The number of nitrogens with zero attached hydrogens (tertiary/aromatic N) is 1. The van der Waals surface area contributed by atoms with Gasteiger partial charge in [-0.25, -0.2) is 0 Å². The molecular weight excluding hydrogens is 418 g/mol. The highest BCUT2D eigenvalue weighted by atomic mass is 16.5. The summed E-state index contributed by atoms with van der Waals surface area (Å²) in [5.74, 6) is 3.33. The zero-order chi connectivity index (χ0) is 22.9. The van der Waals surface area contributed by atoms with Gasteiger partial charge in [0.25, 0.3) is 0 Å². The van der Waals surface area contributed by atoms with E-state index in [1.54, 1.807) is 7.11 Å². The van der Waals surface area contributed by atoms with E-state index in [4.69, 9.17) is 9.47 Å². The highest BCUT2D eigenvalue weighted by Gasteiger charge is 2.44. The molecule has 1 aliphatic heterocycles. The average Bonchev–Trinajstić information content (AvgIpc) is 3.24. The van der Waals surface area contributed by atoms with Crippen molar-refractivity contribution in [3.8, 4) is 11.5 Å². The Hall–Kier alpha value is -2.78. The number of benzene rings is 3. The molecule has 3 atom stereocenters. The molecule has 0 bridgehead atoms. The number of piperidine rings is 1. The number of hydrogen-bond acceptors (Lipinski definition) is 3. The van der Waals surface area contributed by atoms with Gasteiger partial charge in [-0.15, -0.1) is 0 Å². The van der Waals surface area contributed by atoms with Crippen LogP contribution in [0.15, 0.2) is 66.7 Å². The summed E-state index contributed by atoms with van der Waals surface area (Å²) >= 11 is 0.